The molecule has 2 aromatic rings. The maximum absolute atomic E-state index is 12.5. The number of ether oxygens (including phenoxy) is 4. The van der Waals surface area contributed by atoms with E-state index in [0.717, 1.165) is 0 Å². The second kappa shape index (κ2) is 7.74. The van der Waals surface area contributed by atoms with E-state index in [0.29, 0.717) is 28.2 Å². The number of methoxy groups -OCH3 is 2. The SMILES string of the molecule is COC(=O)COc1ccc2c(c1)O/C(=C\c1ccc(C(=O)OC)cc1)C2=O. The minimum Gasteiger partial charge on any atom is -0.482 e. The minimum atomic E-state index is -0.511. The fraction of sp³-hybridized carbons (Fsp3) is 0.150. The van der Waals surface area contributed by atoms with Crippen molar-refractivity contribution in [1.82, 2.24) is 0 Å². The van der Waals surface area contributed by atoms with E-state index in [1.165, 1.54) is 20.3 Å². The zero-order valence-corrected chi connectivity index (χ0v) is 14.7. The van der Waals surface area contributed by atoms with Crippen molar-refractivity contribution >= 4 is 23.8 Å². The van der Waals surface area contributed by atoms with E-state index < -0.39 is 11.9 Å². The van der Waals surface area contributed by atoms with E-state index in [9.17, 15) is 14.4 Å². The average Bonchev–Trinajstić information content (AvgIpc) is 3.00. The highest BCUT2D eigenvalue weighted by molar-refractivity contribution is 6.14. The number of Topliss-reactive ketones (excluding diaryl/α,β-unsaturated/α-hetero) is 1. The van der Waals surface area contributed by atoms with Crippen LogP contribution in [0.15, 0.2) is 48.2 Å². The van der Waals surface area contributed by atoms with E-state index in [1.54, 1.807) is 42.5 Å². The first-order valence-electron chi connectivity index (χ1n) is 7.98. The molecule has 27 heavy (non-hydrogen) atoms. The molecule has 0 unspecified atom stereocenters. The van der Waals surface area contributed by atoms with Crippen LogP contribution in [0.3, 0.4) is 0 Å². The van der Waals surface area contributed by atoms with Gasteiger partial charge in [0.25, 0.3) is 0 Å². The average molecular weight is 368 g/mol. The third-order valence-electron chi connectivity index (χ3n) is 3.86. The summed E-state index contributed by atoms with van der Waals surface area (Å²) in [6.45, 7) is -0.238. The van der Waals surface area contributed by atoms with E-state index in [2.05, 4.69) is 9.47 Å². The van der Waals surface area contributed by atoms with Gasteiger partial charge in [-0.1, -0.05) is 12.1 Å². The summed E-state index contributed by atoms with van der Waals surface area (Å²) in [7, 11) is 2.58. The van der Waals surface area contributed by atoms with Crippen LogP contribution in [-0.2, 0) is 14.3 Å². The normalized spacial score (nSPS) is 13.7. The molecule has 0 saturated heterocycles. The number of hydrogen-bond donors (Lipinski definition) is 0. The van der Waals surface area contributed by atoms with Gasteiger partial charge in [-0.15, -0.1) is 0 Å². The first-order valence-corrected chi connectivity index (χ1v) is 7.98. The molecule has 138 valence electrons. The lowest BCUT2D eigenvalue weighted by Crippen LogP contribution is -2.12. The maximum atomic E-state index is 12.5. The monoisotopic (exact) mass is 368 g/mol. The predicted octanol–water partition coefficient (Wildman–Crippen LogP) is 2.64. The summed E-state index contributed by atoms with van der Waals surface area (Å²) >= 11 is 0. The topological polar surface area (TPSA) is 88.1 Å². The van der Waals surface area contributed by atoms with Crippen LogP contribution in [0.1, 0.15) is 26.3 Å². The minimum absolute atomic E-state index is 0.154. The van der Waals surface area contributed by atoms with Crippen LogP contribution in [-0.4, -0.2) is 38.5 Å². The van der Waals surface area contributed by atoms with Gasteiger partial charge in [0.1, 0.15) is 11.5 Å². The Bertz CT molecular complexity index is 926. The summed E-state index contributed by atoms with van der Waals surface area (Å²) in [5.41, 5.74) is 1.51. The molecule has 0 spiro atoms. The molecular formula is C20H16O7. The Labute approximate surface area is 155 Å². The van der Waals surface area contributed by atoms with Gasteiger partial charge in [0.15, 0.2) is 12.4 Å². The van der Waals surface area contributed by atoms with E-state index in [1.807, 2.05) is 0 Å². The Balaban J connectivity index is 1.76. The van der Waals surface area contributed by atoms with Crippen LogP contribution >= 0.6 is 0 Å². The maximum Gasteiger partial charge on any atom is 0.343 e. The molecule has 0 aliphatic carbocycles. The van der Waals surface area contributed by atoms with Crippen LogP contribution in [0.2, 0.25) is 0 Å². The fourth-order valence-corrected chi connectivity index (χ4v) is 2.44. The Morgan fingerprint density at radius 2 is 1.78 bits per heavy atom. The molecule has 0 aromatic heterocycles. The molecule has 7 heteroatoms. The van der Waals surface area contributed by atoms with Gasteiger partial charge in [0.05, 0.1) is 25.3 Å². The second-order valence-corrected chi connectivity index (χ2v) is 5.58. The number of fused-ring (bicyclic) bond motifs is 1. The lowest BCUT2D eigenvalue weighted by Gasteiger charge is -2.05. The number of esters is 2. The van der Waals surface area contributed by atoms with Crippen molar-refractivity contribution in [3.63, 3.8) is 0 Å². The lowest BCUT2D eigenvalue weighted by atomic mass is 10.1. The first kappa shape index (κ1) is 18.2. The molecule has 2 aromatic carbocycles. The molecule has 0 saturated carbocycles. The van der Waals surface area contributed by atoms with Crippen molar-refractivity contribution in [2.45, 2.75) is 0 Å². The van der Waals surface area contributed by atoms with Gasteiger partial charge in [-0.05, 0) is 35.9 Å². The summed E-state index contributed by atoms with van der Waals surface area (Å²) in [6, 6.07) is 11.3. The van der Waals surface area contributed by atoms with Crippen LogP contribution in [0.25, 0.3) is 6.08 Å². The number of hydrogen-bond acceptors (Lipinski definition) is 7. The molecule has 1 aliphatic rings. The molecule has 7 nitrogen and oxygen atoms in total. The van der Waals surface area contributed by atoms with Crippen molar-refractivity contribution in [3.05, 3.63) is 64.9 Å². The standard InChI is InChI=1S/C20H16O7/c1-24-18(21)11-26-14-7-8-15-16(10-14)27-17(19(15)22)9-12-3-5-13(6-4-12)20(23)25-2/h3-10H,11H2,1-2H3/b17-9-. The Kier molecular flexibility index (Phi) is 5.21. The van der Waals surface area contributed by atoms with Gasteiger partial charge in [-0.2, -0.15) is 0 Å². The van der Waals surface area contributed by atoms with Crippen LogP contribution in [0.5, 0.6) is 11.5 Å². The molecule has 1 aliphatic heterocycles. The molecule has 0 radical (unpaired) electrons. The van der Waals surface area contributed by atoms with Gasteiger partial charge >= 0.3 is 11.9 Å². The quantitative estimate of drug-likeness (QED) is 0.592. The summed E-state index contributed by atoms with van der Waals surface area (Å²) in [5, 5.41) is 0. The number of benzene rings is 2. The largest absolute Gasteiger partial charge is 0.482 e. The van der Waals surface area contributed by atoms with Gasteiger partial charge in [-0.3, -0.25) is 4.79 Å². The smallest absolute Gasteiger partial charge is 0.343 e. The molecular weight excluding hydrogens is 352 g/mol. The molecule has 0 bridgehead atoms. The molecule has 0 atom stereocenters. The Morgan fingerprint density at radius 1 is 1.04 bits per heavy atom. The van der Waals surface area contributed by atoms with Crippen LogP contribution in [0, 0.1) is 0 Å². The van der Waals surface area contributed by atoms with Gasteiger partial charge in [0.2, 0.25) is 5.78 Å². The number of ketones is 1. The summed E-state index contributed by atoms with van der Waals surface area (Å²) < 4.78 is 20.1. The highest BCUT2D eigenvalue weighted by Gasteiger charge is 2.27. The van der Waals surface area contributed by atoms with Crippen molar-refractivity contribution < 1.29 is 33.3 Å². The van der Waals surface area contributed by atoms with Gasteiger partial charge in [0, 0.05) is 6.07 Å². The van der Waals surface area contributed by atoms with E-state index in [4.69, 9.17) is 9.47 Å². The highest BCUT2D eigenvalue weighted by Crippen LogP contribution is 2.34. The zero-order valence-electron chi connectivity index (χ0n) is 14.7. The Hall–Kier alpha value is -3.61. The van der Waals surface area contributed by atoms with Crippen LogP contribution < -0.4 is 9.47 Å². The van der Waals surface area contributed by atoms with Crippen molar-refractivity contribution in [3.8, 4) is 11.5 Å². The molecule has 3 rings (SSSR count). The molecule has 0 amide bonds. The summed E-state index contributed by atoms with van der Waals surface area (Å²) in [4.78, 5) is 35.1. The Morgan fingerprint density at radius 3 is 2.44 bits per heavy atom. The first-order chi connectivity index (χ1) is 13.0. The molecule has 0 N–H and O–H groups in total. The third-order valence-corrected chi connectivity index (χ3v) is 3.86. The van der Waals surface area contributed by atoms with Gasteiger partial charge in [-0.25, -0.2) is 9.59 Å². The molecule has 0 fully saturated rings. The van der Waals surface area contributed by atoms with Crippen molar-refractivity contribution in [1.29, 1.82) is 0 Å². The number of carbonyl (C=O) groups excluding carboxylic acids is 3. The summed E-state index contributed by atoms with van der Waals surface area (Å²) in [6.07, 6.45) is 1.58. The van der Waals surface area contributed by atoms with Crippen molar-refractivity contribution in [2.75, 3.05) is 20.8 Å². The van der Waals surface area contributed by atoms with Crippen LogP contribution in [0.4, 0.5) is 0 Å². The van der Waals surface area contributed by atoms with E-state index in [-0.39, 0.29) is 18.1 Å². The lowest BCUT2D eigenvalue weighted by molar-refractivity contribution is -0.142. The highest BCUT2D eigenvalue weighted by atomic mass is 16.6. The fourth-order valence-electron chi connectivity index (χ4n) is 2.44. The number of rotatable bonds is 5. The molecule has 1 heterocycles. The zero-order chi connectivity index (χ0) is 19.4. The predicted molar refractivity (Wildman–Crippen MR) is 94.7 cm³/mol. The van der Waals surface area contributed by atoms with E-state index >= 15 is 0 Å². The second-order valence-electron chi connectivity index (χ2n) is 5.58. The third kappa shape index (κ3) is 3.98. The van der Waals surface area contributed by atoms with Gasteiger partial charge < -0.3 is 18.9 Å². The number of carbonyl (C=O) groups is 3. The summed E-state index contributed by atoms with van der Waals surface area (Å²) in [5.74, 6) is -0.323. The van der Waals surface area contributed by atoms with Crippen molar-refractivity contribution in [2.24, 2.45) is 0 Å². The number of allylic oxidation sites excluding steroid dienone is 1.